The number of carbonyl (C=O) groups is 2. The molecular weight excluding hydrogens is 451 g/mol. The number of nitrogens with two attached hydrogens (primary N) is 1. The molecule has 5 rings (SSSR count). The van der Waals surface area contributed by atoms with Crippen LogP contribution in [0.1, 0.15) is 31.4 Å². The van der Waals surface area contributed by atoms with E-state index in [-0.39, 0.29) is 28.8 Å². The number of nitrogens with one attached hydrogen (secondary N) is 1. The van der Waals surface area contributed by atoms with E-state index in [2.05, 4.69) is 10.3 Å². The van der Waals surface area contributed by atoms with Crippen molar-refractivity contribution < 1.29 is 32.2 Å². The molecule has 3 saturated carbocycles. The van der Waals surface area contributed by atoms with E-state index in [0.29, 0.717) is 19.3 Å². The fourth-order valence-corrected chi connectivity index (χ4v) is 4.65. The van der Waals surface area contributed by atoms with Gasteiger partial charge in [-0.1, -0.05) is 11.6 Å². The lowest BCUT2D eigenvalue weighted by molar-refractivity contribution is -0.208. The van der Waals surface area contributed by atoms with Crippen molar-refractivity contribution in [3.63, 3.8) is 0 Å². The van der Waals surface area contributed by atoms with E-state index < -0.39 is 41.1 Å². The van der Waals surface area contributed by atoms with Gasteiger partial charge in [-0.25, -0.2) is 13.2 Å². The van der Waals surface area contributed by atoms with Gasteiger partial charge in [-0.2, -0.15) is 0 Å². The van der Waals surface area contributed by atoms with Crippen LogP contribution in [-0.4, -0.2) is 35.0 Å². The number of alkyl halides is 2. The van der Waals surface area contributed by atoms with Crippen molar-refractivity contribution in [3.8, 4) is 11.5 Å². The Labute approximate surface area is 186 Å². The van der Waals surface area contributed by atoms with Gasteiger partial charge >= 0.3 is 0 Å². The highest BCUT2D eigenvalue weighted by molar-refractivity contribution is 6.30. The minimum absolute atomic E-state index is 0.0666. The van der Waals surface area contributed by atoms with E-state index in [9.17, 15) is 22.8 Å². The summed E-state index contributed by atoms with van der Waals surface area (Å²) in [5.74, 6) is -1.42. The molecule has 3 N–H and O–H groups in total. The number of pyridine rings is 1. The Bertz CT molecular complexity index is 1030. The molecule has 1 atom stereocenters. The Balaban J connectivity index is 1.29. The molecule has 1 unspecified atom stereocenters. The number of hydrogen-bond acceptors (Lipinski definition) is 5. The van der Waals surface area contributed by atoms with Gasteiger partial charge in [-0.15, -0.1) is 0 Å². The topological polar surface area (TPSA) is 104 Å². The van der Waals surface area contributed by atoms with Crippen LogP contribution in [0.4, 0.5) is 13.2 Å². The van der Waals surface area contributed by atoms with Gasteiger partial charge in [0.05, 0.1) is 11.2 Å². The van der Waals surface area contributed by atoms with Crippen molar-refractivity contribution in [2.75, 3.05) is 6.61 Å². The molecule has 2 amide bonds. The van der Waals surface area contributed by atoms with E-state index in [4.69, 9.17) is 26.8 Å². The van der Waals surface area contributed by atoms with E-state index in [0.717, 1.165) is 18.3 Å². The Kier molecular flexibility index (Phi) is 5.66. The Hall–Kier alpha value is -3.01. The molecule has 170 valence electrons. The fourth-order valence-electron chi connectivity index (χ4n) is 4.54. The largest absolute Gasteiger partial charge is 0.482 e. The van der Waals surface area contributed by atoms with Gasteiger partial charge in [0.2, 0.25) is 0 Å². The molecule has 0 aliphatic heterocycles. The first kappa shape index (κ1) is 22.2. The molecule has 0 spiro atoms. The van der Waals surface area contributed by atoms with Crippen LogP contribution in [-0.2, 0) is 9.59 Å². The second-order valence-electron chi connectivity index (χ2n) is 8.21. The number of primary amides is 1. The SMILES string of the molecule is NC(=O)C(Oc1ccc(Cl)c(F)c1)C12CC(NC(=O)COc3ccc(C(F)F)nc3)(C1)C2. The van der Waals surface area contributed by atoms with Gasteiger partial charge in [-0.05, 0) is 43.5 Å². The molecule has 7 nitrogen and oxygen atoms in total. The normalized spacial score (nSPS) is 24.2. The zero-order valence-electron chi connectivity index (χ0n) is 16.6. The van der Waals surface area contributed by atoms with Crippen molar-refractivity contribution >= 4 is 23.4 Å². The van der Waals surface area contributed by atoms with Crippen LogP contribution < -0.4 is 20.5 Å². The average Bonchev–Trinajstić information content (AvgIpc) is 2.69. The summed E-state index contributed by atoms with van der Waals surface area (Å²) in [6, 6.07) is 6.29. The molecule has 2 bridgehead atoms. The monoisotopic (exact) mass is 469 g/mol. The lowest BCUT2D eigenvalue weighted by Gasteiger charge is -2.71. The van der Waals surface area contributed by atoms with E-state index in [1.165, 1.54) is 18.2 Å². The highest BCUT2D eigenvalue weighted by Gasteiger charge is 2.73. The molecule has 1 aromatic carbocycles. The third-order valence-corrected chi connectivity index (χ3v) is 6.09. The Morgan fingerprint density at radius 3 is 2.44 bits per heavy atom. The molecular formula is C21H19ClF3N3O4. The minimum atomic E-state index is -2.68. The number of halogens is 4. The molecule has 3 aliphatic rings. The van der Waals surface area contributed by atoms with Crippen LogP contribution in [0.3, 0.4) is 0 Å². The van der Waals surface area contributed by atoms with Gasteiger partial charge in [-0.3, -0.25) is 14.6 Å². The Morgan fingerprint density at radius 2 is 1.88 bits per heavy atom. The molecule has 2 aromatic rings. The lowest BCUT2D eigenvalue weighted by Crippen LogP contribution is -2.80. The number of aromatic nitrogens is 1. The van der Waals surface area contributed by atoms with Crippen molar-refractivity contribution in [3.05, 3.63) is 53.1 Å². The third kappa shape index (κ3) is 4.19. The summed E-state index contributed by atoms with van der Waals surface area (Å²) in [5.41, 5.74) is 4.11. The van der Waals surface area contributed by atoms with E-state index in [1.54, 1.807) is 0 Å². The molecule has 3 aliphatic carbocycles. The van der Waals surface area contributed by atoms with Crippen molar-refractivity contribution in [1.82, 2.24) is 10.3 Å². The highest BCUT2D eigenvalue weighted by Crippen LogP contribution is 2.69. The summed E-state index contributed by atoms with van der Waals surface area (Å²) in [7, 11) is 0. The van der Waals surface area contributed by atoms with Gasteiger partial charge in [0.15, 0.2) is 12.7 Å². The predicted molar refractivity (Wildman–Crippen MR) is 107 cm³/mol. The van der Waals surface area contributed by atoms with E-state index in [1.807, 2.05) is 0 Å². The fraction of sp³-hybridized carbons (Fsp3) is 0.381. The first-order chi connectivity index (χ1) is 15.1. The average molecular weight is 470 g/mol. The second-order valence-corrected chi connectivity index (χ2v) is 8.61. The number of amides is 2. The maximum atomic E-state index is 13.7. The summed E-state index contributed by atoms with van der Waals surface area (Å²) in [5, 5.41) is 2.80. The number of ether oxygens (including phenoxy) is 2. The highest BCUT2D eigenvalue weighted by atomic mass is 35.5. The maximum absolute atomic E-state index is 13.7. The standard InChI is InChI=1S/C21H19ClF3N3O4/c22-13-3-1-11(5-14(13)23)32-17(19(26)30)20-8-21(9-20,10-20)28-16(29)7-31-12-2-4-15(18(24)25)27-6-12/h1-6,17-18H,7-10H2,(H2,26,30)(H,28,29). The smallest absolute Gasteiger partial charge is 0.280 e. The summed E-state index contributed by atoms with van der Waals surface area (Å²) >= 11 is 5.66. The molecule has 0 saturated heterocycles. The number of benzene rings is 1. The second kappa shape index (κ2) is 8.16. The van der Waals surface area contributed by atoms with Gasteiger partial charge in [0.25, 0.3) is 18.2 Å². The van der Waals surface area contributed by atoms with Gasteiger partial charge < -0.3 is 20.5 Å². The van der Waals surface area contributed by atoms with Crippen LogP contribution in [0.2, 0.25) is 5.02 Å². The number of carbonyl (C=O) groups excluding carboxylic acids is 2. The number of hydrogen-bond donors (Lipinski definition) is 2. The third-order valence-electron chi connectivity index (χ3n) is 5.79. The van der Waals surface area contributed by atoms with Crippen LogP contribution in [0.15, 0.2) is 36.5 Å². The molecule has 32 heavy (non-hydrogen) atoms. The summed E-state index contributed by atoms with van der Waals surface area (Å²) in [4.78, 5) is 27.8. The van der Waals surface area contributed by atoms with Crippen LogP contribution in [0.5, 0.6) is 11.5 Å². The number of nitrogens with zero attached hydrogens (tertiary/aromatic N) is 1. The molecule has 3 fully saturated rings. The van der Waals surface area contributed by atoms with Gasteiger partial charge in [0, 0.05) is 17.0 Å². The Morgan fingerprint density at radius 1 is 1.19 bits per heavy atom. The zero-order valence-corrected chi connectivity index (χ0v) is 17.4. The lowest BCUT2D eigenvalue weighted by atomic mass is 9.37. The van der Waals surface area contributed by atoms with Crippen LogP contribution >= 0.6 is 11.6 Å². The molecule has 1 heterocycles. The molecule has 1 aromatic heterocycles. The first-order valence-electron chi connectivity index (χ1n) is 9.70. The van der Waals surface area contributed by atoms with Gasteiger partial charge in [0.1, 0.15) is 23.0 Å². The van der Waals surface area contributed by atoms with Crippen molar-refractivity contribution in [2.45, 2.75) is 37.3 Å². The van der Waals surface area contributed by atoms with Crippen LogP contribution in [0.25, 0.3) is 0 Å². The first-order valence-corrected chi connectivity index (χ1v) is 10.1. The van der Waals surface area contributed by atoms with Crippen molar-refractivity contribution in [2.24, 2.45) is 11.1 Å². The summed E-state index contributed by atoms with van der Waals surface area (Å²) in [6.45, 7) is -0.315. The molecule has 0 radical (unpaired) electrons. The van der Waals surface area contributed by atoms with E-state index >= 15 is 0 Å². The summed E-state index contributed by atoms with van der Waals surface area (Å²) in [6.07, 6.45) is -1.12. The quantitative estimate of drug-likeness (QED) is 0.587. The van der Waals surface area contributed by atoms with Crippen LogP contribution in [0, 0.1) is 11.2 Å². The minimum Gasteiger partial charge on any atom is -0.482 e. The predicted octanol–water partition coefficient (Wildman–Crippen LogP) is 3.16. The number of rotatable bonds is 9. The summed E-state index contributed by atoms with van der Waals surface area (Å²) < 4.78 is 49.6. The molecule has 11 heteroatoms. The maximum Gasteiger partial charge on any atom is 0.280 e. The van der Waals surface area contributed by atoms with Crippen molar-refractivity contribution in [1.29, 1.82) is 0 Å². The zero-order chi connectivity index (χ0) is 23.1.